The van der Waals surface area contributed by atoms with E-state index in [1.165, 1.54) is 11.1 Å². The molecule has 156 valence electrons. The maximum absolute atomic E-state index is 13.5. The lowest BCUT2D eigenvalue weighted by Crippen LogP contribution is -2.36. The molecule has 5 rings (SSSR count). The Morgan fingerprint density at radius 1 is 1.17 bits per heavy atom. The van der Waals surface area contributed by atoms with Crippen molar-refractivity contribution >= 4 is 11.6 Å². The van der Waals surface area contributed by atoms with E-state index in [4.69, 9.17) is 4.98 Å². The molecule has 0 radical (unpaired) electrons. The molecule has 0 spiro atoms. The molecule has 1 N–H and O–H groups in total. The van der Waals surface area contributed by atoms with Gasteiger partial charge in [0.05, 0.1) is 18.6 Å². The van der Waals surface area contributed by atoms with Crippen LogP contribution < -0.4 is 5.32 Å². The topological polar surface area (TPSA) is 58.9 Å². The molecule has 3 heterocycles. The van der Waals surface area contributed by atoms with E-state index in [2.05, 4.69) is 45.5 Å². The first kappa shape index (κ1) is 19.2. The van der Waals surface area contributed by atoms with Gasteiger partial charge in [-0.15, -0.1) is 0 Å². The zero-order valence-corrected chi connectivity index (χ0v) is 17.5. The van der Waals surface area contributed by atoms with Gasteiger partial charge in [-0.1, -0.05) is 12.5 Å². The molecule has 0 unspecified atom stereocenters. The van der Waals surface area contributed by atoms with Gasteiger partial charge in [-0.25, -0.2) is 9.97 Å². The molecule has 1 saturated carbocycles. The first-order valence-corrected chi connectivity index (χ1v) is 10.5. The fourth-order valence-electron chi connectivity index (χ4n) is 4.49. The second-order valence-electron chi connectivity index (χ2n) is 8.92. The van der Waals surface area contributed by atoms with Crippen molar-refractivity contribution < 1.29 is 4.39 Å². The third-order valence-electron chi connectivity index (χ3n) is 6.42. The number of hydrogen-bond acceptors (Lipinski definition) is 5. The molecule has 6 nitrogen and oxygen atoms in total. The fraction of sp³-hybridized carbons (Fsp3) is 0.435. The molecule has 0 bridgehead atoms. The van der Waals surface area contributed by atoms with Gasteiger partial charge in [0.2, 0.25) is 5.95 Å². The van der Waals surface area contributed by atoms with Crippen LogP contribution in [0.5, 0.6) is 0 Å². The Bertz CT molecular complexity index is 1070. The van der Waals surface area contributed by atoms with Gasteiger partial charge in [0, 0.05) is 48.7 Å². The highest BCUT2D eigenvalue weighted by atomic mass is 19.1. The van der Waals surface area contributed by atoms with E-state index in [1.807, 2.05) is 30.2 Å². The Balaban J connectivity index is 1.36. The maximum atomic E-state index is 13.5. The molecular formula is C23H27FN6. The molecule has 1 aliphatic heterocycles. The lowest BCUT2D eigenvalue weighted by atomic mass is 9.70. The highest BCUT2D eigenvalue weighted by Gasteiger charge is 2.37. The average Bonchev–Trinajstić information content (AvgIpc) is 3.31. The third kappa shape index (κ3) is 3.58. The smallest absolute Gasteiger partial charge is 0.227 e. The van der Waals surface area contributed by atoms with Crippen LogP contribution in [0.3, 0.4) is 0 Å². The molecule has 7 heteroatoms. The summed E-state index contributed by atoms with van der Waals surface area (Å²) in [6, 6.07) is 6.42. The van der Waals surface area contributed by atoms with Gasteiger partial charge in [-0.3, -0.25) is 14.0 Å². The number of alkyl halides is 1. The summed E-state index contributed by atoms with van der Waals surface area (Å²) >= 11 is 0. The molecule has 0 atom stereocenters. The first-order valence-electron chi connectivity index (χ1n) is 10.5. The second-order valence-corrected chi connectivity index (χ2v) is 8.92. The number of halogens is 1. The molecule has 1 fully saturated rings. The van der Waals surface area contributed by atoms with Gasteiger partial charge < -0.3 is 5.32 Å². The summed E-state index contributed by atoms with van der Waals surface area (Å²) in [7, 11) is 2.13. The van der Waals surface area contributed by atoms with Crippen molar-refractivity contribution in [2.24, 2.45) is 5.41 Å². The van der Waals surface area contributed by atoms with Crippen LogP contribution in [0.1, 0.15) is 36.0 Å². The maximum Gasteiger partial charge on any atom is 0.227 e. The largest absolute Gasteiger partial charge is 0.324 e. The van der Waals surface area contributed by atoms with Crippen molar-refractivity contribution in [1.29, 1.82) is 0 Å². The van der Waals surface area contributed by atoms with Gasteiger partial charge in [0.1, 0.15) is 0 Å². The summed E-state index contributed by atoms with van der Waals surface area (Å²) in [4.78, 5) is 11.5. The number of aromatic nitrogens is 4. The van der Waals surface area contributed by atoms with Crippen LogP contribution in [0.2, 0.25) is 0 Å². The number of aryl methyl sites for hydroxylation is 1. The Morgan fingerprint density at radius 2 is 2.00 bits per heavy atom. The van der Waals surface area contributed by atoms with Crippen LogP contribution in [0.15, 0.2) is 36.8 Å². The minimum atomic E-state index is -0.278. The van der Waals surface area contributed by atoms with Gasteiger partial charge >= 0.3 is 0 Å². The van der Waals surface area contributed by atoms with Crippen LogP contribution in [-0.4, -0.2) is 38.4 Å². The number of hydrogen-bond donors (Lipinski definition) is 1. The Morgan fingerprint density at radius 3 is 2.77 bits per heavy atom. The SMILES string of the molecule is Cc1cnc(Nc2ccc3c(c2)CN(C)C3)nc1-c1cnn(CC2(CF)CCC2)c1. The summed E-state index contributed by atoms with van der Waals surface area (Å²) < 4.78 is 15.3. The van der Waals surface area contributed by atoms with E-state index in [9.17, 15) is 4.39 Å². The summed E-state index contributed by atoms with van der Waals surface area (Å²) in [6.07, 6.45) is 8.61. The van der Waals surface area contributed by atoms with E-state index >= 15 is 0 Å². The van der Waals surface area contributed by atoms with Crippen LogP contribution >= 0.6 is 0 Å². The molecule has 2 aliphatic rings. The summed E-state index contributed by atoms with van der Waals surface area (Å²) in [5, 5.41) is 7.81. The highest BCUT2D eigenvalue weighted by Crippen LogP contribution is 2.42. The summed E-state index contributed by atoms with van der Waals surface area (Å²) in [6.45, 7) is 4.30. The molecule has 1 aromatic carbocycles. The van der Waals surface area contributed by atoms with Crippen molar-refractivity contribution in [3.63, 3.8) is 0 Å². The monoisotopic (exact) mass is 406 g/mol. The molecular weight excluding hydrogens is 379 g/mol. The Kier molecular flexibility index (Phi) is 4.77. The van der Waals surface area contributed by atoms with Crippen LogP contribution in [0.25, 0.3) is 11.3 Å². The number of benzene rings is 1. The zero-order valence-electron chi connectivity index (χ0n) is 17.5. The number of nitrogens with zero attached hydrogens (tertiary/aromatic N) is 5. The van der Waals surface area contributed by atoms with Gasteiger partial charge in [0.15, 0.2) is 0 Å². The lowest BCUT2D eigenvalue weighted by Gasteiger charge is -2.39. The van der Waals surface area contributed by atoms with E-state index < -0.39 is 0 Å². The van der Waals surface area contributed by atoms with Gasteiger partial charge in [0.25, 0.3) is 0 Å². The van der Waals surface area contributed by atoms with Crippen LogP contribution in [0, 0.1) is 12.3 Å². The van der Waals surface area contributed by atoms with Crippen LogP contribution in [0.4, 0.5) is 16.0 Å². The molecule has 0 amide bonds. The van der Waals surface area contributed by atoms with Crippen molar-refractivity contribution in [3.8, 4) is 11.3 Å². The highest BCUT2D eigenvalue weighted by molar-refractivity contribution is 5.64. The van der Waals surface area contributed by atoms with Crippen molar-refractivity contribution in [2.45, 2.75) is 45.8 Å². The lowest BCUT2D eigenvalue weighted by molar-refractivity contribution is 0.0648. The molecule has 1 aliphatic carbocycles. The Hall–Kier alpha value is -2.80. The number of anilines is 2. The third-order valence-corrected chi connectivity index (χ3v) is 6.42. The zero-order chi connectivity index (χ0) is 20.7. The minimum Gasteiger partial charge on any atom is -0.324 e. The van der Waals surface area contributed by atoms with E-state index in [-0.39, 0.29) is 12.1 Å². The van der Waals surface area contributed by atoms with Gasteiger partial charge in [-0.2, -0.15) is 5.10 Å². The summed E-state index contributed by atoms with van der Waals surface area (Å²) in [5.41, 5.74) is 6.25. The molecule has 3 aromatic rings. The van der Waals surface area contributed by atoms with E-state index in [0.29, 0.717) is 12.5 Å². The first-order chi connectivity index (χ1) is 14.5. The van der Waals surface area contributed by atoms with Crippen molar-refractivity contribution in [2.75, 3.05) is 19.0 Å². The standard InChI is InChI=1S/C23H27FN6/c1-16-9-25-22(27-20-5-4-17-11-29(2)12-18(17)8-20)28-21(16)19-10-26-30(13-19)15-23(14-24)6-3-7-23/h4-5,8-10,13H,3,6-7,11-12,14-15H2,1-2H3,(H,25,27,28). The second kappa shape index (κ2) is 7.47. The van der Waals surface area contributed by atoms with Crippen LogP contribution in [-0.2, 0) is 19.6 Å². The number of fused-ring (bicyclic) bond motifs is 1. The summed E-state index contributed by atoms with van der Waals surface area (Å²) in [5.74, 6) is 0.564. The molecule has 0 saturated heterocycles. The van der Waals surface area contributed by atoms with Crippen molar-refractivity contribution in [3.05, 3.63) is 53.5 Å². The van der Waals surface area contributed by atoms with E-state index in [1.54, 1.807) is 0 Å². The predicted octanol–water partition coefficient (Wildman–Crippen LogP) is 4.48. The molecule has 2 aromatic heterocycles. The molecule has 30 heavy (non-hydrogen) atoms. The average molecular weight is 407 g/mol. The Labute approximate surface area is 176 Å². The quantitative estimate of drug-likeness (QED) is 0.654. The number of nitrogens with one attached hydrogen (secondary N) is 1. The minimum absolute atomic E-state index is 0.224. The normalized spacial score (nSPS) is 17.6. The number of rotatable bonds is 6. The predicted molar refractivity (Wildman–Crippen MR) is 115 cm³/mol. The fourth-order valence-corrected chi connectivity index (χ4v) is 4.49. The van der Waals surface area contributed by atoms with E-state index in [0.717, 1.165) is 54.9 Å². The van der Waals surface area contributed by atoms with Gasteiger partial charge in [-0.05, 0) is 55.6 Å². The van der Waals surface area contributed by atoms with Crippen molar-refractivity contribution in [1.82, 2.24) is 24.6 Å².